The minimum Gasteiger partial charge on any atom is -0.399 e. The van der Waals surface area contributed by atoms with Gasteiger partial charge >= 0.3 is 0 Å². The van der Waals surface area contributed by atoms with Crippen LogP contribution in [0.2, 0.25) is 0 Å². The van der Waals surface area contributed by atoms with Crippen LogP contribution in [0.25, 0.3) is 5.57 Å². The molecule has 1 aliphatic carbocycles. The first-order valence-electron chi connectivity index (χ1n) is 5.62. The zero-order valence-corrected chi connectivity index (χ0v) is 10.8. The molecule has 0 bridgehead atoms. The summed E-state index contributed by atoms with van der Waals surface area (Å²) >= 11 is 6.26. The normalized spacial score (nSPS) is 22.9. The summed E-state index contributed by atoms with van der Waals surface area (Å²) in [7, 11) is 0. The van der Waals surface area contributed by atoms with Crippen molar-refractivity contribution in [2.75, 3.05) is 5.73 Å². The summed E-state index contributed by atoms with van der Waals surface area (Å²) in [6.45, 7) is 4.21. The topological polar surface area (TPSA) is 52.0 Å². The number of hydrogen-bond acceptors (Lipinski definition) is 2. The summed E-state index contributed by atoms with van der Waals surface area (Å²) in [5.74, 6) is 0. The maximum atomic E-state index is 6.26. The van der Waals surface area contributed by atoms with Gasteiger partial charge in [-0.25, -0.2) is 0 Å². The number of hydrogen-bond donors (Lipinski definition) is 2. The first-order chi connectivity index (χ1) is 7.90. The van der Waals surface area contributed by atoms with Gasteiger partial charge in [0.1, 0.15) is 0 Å². The molecule has 0 radical (unpaired) electrons. The van der Waals surface area contributed by atoms with E-state index in [0.29, 0.717) is 5.03 Å². The van der Waals surface area contributed by atoms with E-state index in [-0.39, 0.29) is 11.5 Å². The zero-order valence-electron chi connectivity index (χ0n) is 10.1. The molecule has 90 valence electrons. The van der Waals surface area contributed by atoms with Gasteiger partial charge in [0.15, 0.2) is 0 Å². The van der Waals surface area contributed by atoms with Crippen LogP contribution in [0, 0.1) is 5.41 Å². The lowest BCUT2D eigenvalue weighted by molar-refractivity contribution is 0.421. The zero-order chi connectivity index (χ0) is 12.6. The highest BCUT2D eigenvalue weighted by atomic mass is 35.5. The largest absolute Gasteiger partial charge is 0.399 e. The van der Waals surface area contributed by atoms with E-state index >= 15 is 0 Å². The average Bonchev–Trinajstić information content (AvgIpc) is 2.25. The van der Waals surface area contributed by atoms with Gasteiger partial charge in [0.25, 0.3) is 0 Å². The predicted octanol–water partition coefficient (Wildman–Crippen LogP) is 3.14. The molecule has 0 saturated carbocycles. The smallest absolute Gasteiger partial charge is 0.0457 e. The third kappa shape index (κ3) is 2.38. The van der Waals surface area contributed by atoms with Crippen LogP contribution < -0.4 is 11.5 Å². The van der Waals surface area contributed by atoms with Gasteiger partial charge in [-0.2, -0.15) is 0 Å². The van der Waals surface area contributed by atoms with Gasteiger partial charge in [0.2, 0.25) is 0 Å². The maximum absolute atomic E-state index is 6.26. The molecule has 3 heteroatoms. The molecule has 1 atom stereocenters. The molecule has 0 fully saturated rings. The molecule has 1 unspecified atom stereocenters. The summed E-state index contributed by atoms with van der Waals surface area (Å²) in [5.41, 5.74) is 14.5. The molecule has 2 nitrogen and oxygen atoms in total. The Balaban J connectivity index is 2.45. The Morgan fingerprint density at radius 3 is 2.35 bits per heavy atom. The highest BCUT2D eigenvalue weighted by Gasteiger charge is 2.28. The second-order valence-electron chi connectivity index (χ2n) is 5.04. The van der Waals surface area contributed by atoms with Crippen molar-refractivity contribution in [2.24, 2.45) is 11.1 Å². The number of nitrogen functional groups attached to an aromatic ring is 1. The lowest BCUT2D eigenvalue weighted by atomic mass is 9.78. The molecule has 17 heavy (non-hydrogen) atoms. The van der Waals surface area contributed by atoms with Gasteiger partial charge in [-0.15, -0.1) is 0 Å². The van der Waals surface area contributed by atoms with E-state index in [4.69, 9.17) is 23.1 Å². The molecular weight excluding hydrogens is 232 g/mol. The molecule has 0 spiro atoms. The Morgan fingerprint density at radius 2 is 1.76 bits per heavy atom. The first kappa shape index (κ1) is 12.2. The Kier molecular flexibility index (Phi) is 3.02. The lowest BCUT2D eigenvalue weighted by Crippen LogP contribution is -2.36. The highest BCUT2D eigenvalue weighted by molar-refractivity contribution is 6.37. The van der Waals surface area contributed by atoms with Crippen LogP contribution >= 0.6 is 11.6 Å². The summed E-state index contributed by atoms with van der Waals surface area (Å²) in [5, 5.41) is 0.710. The third-order valence-electron chi connectivity index (χ3n) is 3.18. The van der Waals surface area contributed by atoms with Crippen LogP contribution in [-0.4, -0.2) is 6.04 Å². The van der Waals surface area contributed by atoms with Crippen molar-refractivity contribution in [3.63, 3.8) is 0 Å². The van der Waals surface area contributed by atoms with Gasteiger partial charge in [0.05, 0.1) is 0 Å². The quantitative estimate of drug-likeness (QED) is 0.751. The number of rotatable bonds is 1. The number of allylic oxidation sites excluding steroid dienone is 2. The van der Waals surface area contributed by atoms with Crippen molar-refractivity contribution in [1.82, 2.24) is 0 Å². The van der Waals surface area contributed by atoms with Gasteiger partial charge in [-0.05, 0) is 29.3 Å². The lowest BCUT2D eigenvalue weighted by Gasteiger charge is -2.31. The molecule has 0 heterocycles. The Labute approximate surface area is 107 Å². The summed E-state index contributed by atoms with van der Waals surface area (Å²) < 4.78 is 0. The fourth-order valence-corrected chi connectivity index (χ4v) is 2.18. The molecule has 1 aliphatic rings. The van der Waals surface area contributed by atoms with Crippen molar-refractivity contribution in [3.8, 4) is 0 Å². The van der Waals surface area contributed by atoms with Crippen LogP contribution in [0.3, 0.4) is 0 Å². The van der Waals surface area contributed by atoms with E-state index in [9.17, 15) is 0 Å². The van der Waals surface area contributed by atoms with Crippen LogP contribution in [-0.2, 0) is 0 Å². The van der Waals surface area contributed by atoms with Gasteiger partial charge in [-0.3, -0.25) is 0 Å². The van der Waals surface area contributed by atoms with Gasteiger partial charge < -0.3 is 11.5 Å². The van der Waals surface area contributed by atoms with Crippen molar-refractivity contribution in [1.29, 1.82) is 0 Å². The van der Waals surface area contributed by atoms with Crippen molar-refractivity contribution in [3.05, 3.63) is 47.0 Å². The number of halogens is 1. The van der Waals surface area contributed by atoms with Crippen LogP contribution in [0.1, 0.15) is 19.4 Å². The summed E-state index contributed by atoms with van der Waals surface area (Å²) in [6.07, 6.45) is 4.04. The highest BCUT2D eigenvalue weighted by Crippen LogP contribution is 2.38. The Morgan fingerprint density at radius 1 is 1.18 bits per heavy atom. The minimum absolute atomic E-state index is 0.0486. The minimum atomic E-state index is -0.0882. The summed E-state index contributed by atoms with van der Waals surface area (Å²) in [4.78, 5) is 0. The monoisotopic (exact) mass is 248 g/mol. The number of nitrogens with two attached hydrogens (primary N) is 2. The van der Waals surface area contributed by atoms with E-state index in [2.05, 4.69) is 19.9 Å². The fraction of sp³-hybridized carbons (Fsp3) is 0.286. The van der Waals surface area contributed by atoms with Crippen molar-refractivity contribution >= 4 is 22.9 Å². The van der Waals surface area contributed by atoms with Crippen LogP contribution in [0.5, 0.6) is 0 Å². The van der Waals surface area contributed by atoms with Crippen LogP contribution in [0.15, 0.2) is 41.4 Å². The molecule has 1 aromatic rings. The van der Waals surface area contributed by atoms with E-state index in [1.807, 2.05) is 30.3 Å². The van der Waals surface area contributed by atoms with Gasteiger partial charge in [0, 0.05) is 22.2 Å². The van der Waals surface area contributed by atoms with E-state index < -0.39 is 0 Å². The average molecular weight is 249 g/mol. The second-order valence-corrected chi connectivity index (χ2v) is 5.45. The number of benzene rings is 1. The third-order valence-corrected chi connectivity index (χ3v) is 3.51. The molecule has 1 aromatic carbocycles. The maximum Gasteiger partial charge on any atom is 0.0457 e. The Hall–Kier alpha value is -1.25. The molecule has 0 amide bonds. The van der Waals surface area contributed by atoms with E-state index in [1.165, 1.54) is 0 Å². The SMILES string of the molecule is CC1(C)C=C(c2ccc(N)cc2)C(Cl)=CC1N. The summed E-state index contributed by atoms with van der Waals surface area (Å²) in [6, 6.07) is 7.66. The van der Waals surface area contributed by atoms with Crippen molar-refractivity contribution in [2.45, 2.75) is 19.9 Å². The Bertz CT molecular complexity index is 483. The van der Waals surface area contributed by atoms with Crippen LogP contribution in [0.4, 0.5) is 5.69 Å². The number of anilines is 1. The molecular formula is C14H17ClN2. The molecule has 0 saturated heterocycles. The van der Waals surface area contributed by atoms with Gasteiger partial charge in [-0.1, -0.05) is 43.7 Å². The molecule has 0 aromatic heterocycles. The second kappa shape index (κ2) is 4.21. The standard InChI is InChI=1S/C14H17ClN2/c1-14(2)8-11(12(15)7-13(14)17)9-3-5-10(16)6-4-9/h3-8,13H,16-17H2,1-2H3. The fourth-order valence-electron chi connectivity index (χ4n) is 1.88. The van der Waals surface area contributed by atoms with E-state index in [1.54, 1.807) is 0 Å². The first-order valence-corrected chi connectivity index (χ1v) is 6.00. The molecule has 4 N–H and O–H groups in total. The van der Waals surface area contributed by atoms with E-state index in [0.717, 1.165) is 16.8 Å². The molecule has 2 rings (SSSR count). The predicted molar refractivity (Wildman–Crippen MR) is 74.5 cm³/mol. The van der Waals surface area contributed by atoms with Crippen molar-refractivity contribution < 1.29 is 0 Å². The molecule has 0 aliphatic heterocycles.